The van der Waals surface area contributed by atoms with Gasteiger partial charge in [0.05, 0.1) is 18.1 Å². The molecular weight excluding hydrogens is 247 g/mol. The van der Waals surface area contributed by atoms with Crippen molar-refractivity contribution >= 4 is 16.9 Å². The molecule has 0 aliphatic carbocycles. The zero-order valence-electron chi connectivity index (χ0n) is 10.2. The Morgan fingerprint density at radius 1 is 1.26 bits per heavy atom. The topological polar surface area (TPSA) is 68.5 Å². The van der Waals surface area contributed by atoms with E-state index in [1.165, 1.54) is 6.07 Å². The van der Waals surface area contributed by atoms with Crippen LogP contribution in [0.5, 0.6) is 0 Å². The number of nitrogens with one attached hydrogen (secondary N) is 1. The van der Waals surface area contributed by atoms with Crippen molar-refractivity contribution in [2.45, 2.75) is 6.54 Å². The fourth-order valence-electron chi connectivity index (χ4n) is 1.90. The molecule has 0 radical (unpaired) electrons. The molecule has 0 aliphatic heterocycles. The van der Waals surface area contributed by atoms with Gasteiger partial charge in [-0.1, -0.05) is 18.2 Å². The monoisotopic (exact) mass is 258 g/mol. The number of hydrogen-bond donors (Lipinski definition) is 1. The standard InChI is InChI=1S/C12H11FN6/c1-14-11-9-6-15-19(12(9)17-18-16-11)7-8-4-2-3-5-10(8)13/h2-6H,7H2,1H3,(H,14,16,17). The van der Waals surface area contributed by atoms with Gasteiger partial charge in [-0.15, -0.1) is 10.2 Å². The molecule has 2 aromatic heterocycles. The molecular formula is C12H11FN6. The van der Waals surface area contributed by atoms with E-state index in [4.69, 9.17) is 0 Å². The highest BCUT2D eigenvalue weighted by atomic mass is 19.1. The lowest BCUT2D eigenvalue weighted by Crippen LogP contribution is -2.06. The average molecular weight is 258 g/mol. The van der Waals surface area contributed by atoms with E-state index in [-0.39, 0.29) is 5.82 Å². The van der Waals surface area contributed by atoms with Crippen molar-refractivity contribution in [2.75, 3.05) is 12.4 Å². The minimum absolute atomic E-state index is 0.262. The Bertz CT molecular complexity index is 723. The molecule has 0 atom stereocenters. The predicted molar refractivity (Wildman–Crippen MR) is 68.2 cm³/mol. The number of benzene rings is 1. The number of anilines is 1. The van der Waals surface area contributed by atoms with E-state index in [1.54, 1.807) is 36.1 Å². The molecule has 6 nitrogen and oxygen atoms in total. The number of aromatic nitrogens is 5. The highest BCUT2D eigenvalue weighted by molar-refractivity contribution is 5.85. The van der Waals surface area contributed by atoms with Crippen LogP contribution in [0.15, 0.2) is 30.5 Å². The van der Waals surface area contributed by atoms with Crippen LogP contribution in [0, 0.1) is 5.82 Å². The van der Waals surface area contributed by atoms with E-state index >= 15 is 0 Å². The molecule has 2 heterocycles. The molecule has 0 saturated carbocycles. The van der Waals surface area contributed by atoms with Crippen LogP contribution in [-0.4, -0.2) is 32.2 Å². The van der Waals surface area contributed by atoms with Crippen LogP contribution >= 0.6 is 0 Å². The fraction of sp³-hybridized carbons (Fsp3) is 0.167. The quantitative estimate of drug-likeness (QED) is 0.770. The molecule has 0 amide bonds. The number of halogens is 1. The van der Waals surface area contributed by atoms with Gasteiger partial charge in [0.2, 0.25) is 0 Å². The summed E-state index contributed by atoms with van der Waals surface area (Å²) in [4.78, 5) is 0. The zero-order chi connectivity index (χ0) is 13.2. The molecule has 0 saturated heterocycles. The molecule has 19 heavy (non-hydrogen) atoms. The van der Waals surface area contributed by atoms with Gasteiger partial charge in [-0.05, 0) is 11.3 Å². The molecule has 1 N–H and O–H groups in total. The van der Waals surface area contributed by atoms with E-state index < -0.39 is 0 Å². The van der Waals surface area contributed by atoms with Gasteiger partial charge in [-0.3, -0.25) is 0 Å². The minimum atomic E-state index is -0.262. The maximum absolute atomic E-state index is 13.6. The third kappa shape index (κ3) is 1.99. The molecule has 3 rings (SSSR count). The Balaban J connectivity index is 2.05. The van der Waals surface area contributed by atoms with Crippen molar-refractivity contribution in [3.05, 3.63) is 41.8 Å². The van der Waals surface area contributed by atoms with Crippen LogP contribution < -0.4 is 5.32 Å². The summed E-state index contributed by atoms with van der Waals surface area (Å²) in [6.45, 7) is 0.304. The van der Waals surface area contributed by atoms with Gasteiger partial charge in [0, 0.05) is 12.6 Å². The third-order valence-corrected chi connectivity index (χ3v) is 2.87. The summed E-state index contributed by atoms with van der Waals surface area (Å²) in [6, 6.07) is 6.59. The average Bonchev–Trinajstić information content (AvgIpc) is 2.84. The third-order valence-electron chi connectivity index (χ3n) is 2.87. The minimum Gasteiger partial charge on any atom is -0.371 e. The normalized spacial score (nSPS) is 10.8. The summed E-state index contributed by atoms with van der Waals surface area (Å²) >= 11 is 0. The molecule has 7 heteroatoms. The number of fused-ring (bicyclic) bond motifs is 1. The maximum atomic E-state index is 13.6. The van der Waals surface area contributed by atoms with Gasteiger partial charge >= 0.3 is 0 Å². The van der Waals surface area contributed by atoms with E-state index in [0.717, 1.165) is 5.39 Å². The molecule has 0 spiro atoms. The highest BCUT2D eigenvalue weighted by Gasteiger charge is 2.11. The van der Waals surface area contributed by atoms with Crippen LogP contribution in [0.25, 0.3) is 11.0 Å². The molecule has 0 unspecified atom stereocenters. The van der Waals surface area contributed by atoms with Crippen LogP contribution in [-0.2, 0) is 6.54 Å². The summed E-state index contributed by atoms with van der Waals surface area (Å²) < 4.78 is 15.2. The number of rotatable bonds is 3. The number of nitrogens with zero attached hydrogens (tertiary/aromatic N) is 5. The second-order valence-electron chi connectivity index (χ2n) is 4.02. The predicted octanol–water partition coefficient (Wildman–Crippen LogP) is 1.45. The lowest BCUT2D eigenvalue weighted by molar-refractivity contribution is 0.588. The molecule has 3 aromatic rings. The Morgan fingerprint density at radius 2 is 2.11 bits per heavy atom. The van der Waals surface area contributed by atoms with E-state index in [9.17, 15) is 4.39 Å². The van der Waals surface area contributed by atoms with Crippen LogP contribution in [0.2, 0.25) is 0 Å². The van der Waals surface area contributed by atoms with Gasteiger partial charge in [0.15, 0.2) is 11.5 Å². The Labute approximate surface area is 108 Å². The SMILES string of the molecule is CNc1nnnc2c1cnn2Cc1ccccc1F. The maximum Gasteiger partial charge on any atom is 0.186 e. The van der Waals surface area contributed by atoms with Gasteiger partial charge in [0.1, 0.15) is 5.82 Å². The smallest absolute Gasteiger partial charge is 0.186 e. The first-order valence-corrected chi connectivity index (χ1v) is 5.75. The summed E-state index contributed by atoms with van der Waals surface area (Å²) in [6.07, 6.45) is 1.64. The van der Waals surface area contributed by atoms with Crippen molar-refractivity contribution < 1.29 is 4.39 Å². The summed E-state index contributed by atoms with van der Waals surface area (Å²) in [5, 5.41) is 19.4. The second-order valence-corrected chi connectivity index (χ2v) is 4.02. The molecule has 1 aromatic carbocycles. The first kappa shape index (κ1) is 11.5. The van der Waals surface area contributed by atoms with E-state index in [2.05, 4.69) is 25.8 Å². The van der Waals surface area contributed by atoms with Crippen molar-refractivity contribution in [1.82, 2.24) is 25.2 Å². The molecule has 0 fully saturated rings. The molecule has 0 aliphatic rings. The van der Waals surface area contributed by atoms with E-state index in [0.29, 0.717) is 23.6 Å². The van der Waals surface area contributed by atoms with Crippen molar-refractivity contribution in [3.8, 4) is 0 Å². The highest BCUT2D eigenvalue weighted by Crippen LogP contribution is 2.18. The van der Waals surface area contributed by atoms with Crippen LogP contribution in [0.4, 0.5) is 10.2 Å². The lowest BCUT2D eigenvalue weighted by atomic mass is 10.2. The molecule has 96 valence electrons. The Kier molecular flexibility index (Phi) is 2.79. The summed E-state index contributed by atoms with van der Waals surface area (Å²) in [7, 11) is 1.75. The Hall–Kier alpha value is -2.57. The first-order valence-electron chi connectivity index (χ1n) is 5.75. The second kappa shape index (κ2) is 4.60. The fourth-order valence-corrected chi connectivity index (χ4v) is 1.90. The Morgan fingerprint density at radius 3 is 2.89 bits per heavy atom. The summed E-state index contributed by atoms with van der Waals surface area (Å²) in [5.74, 6) is 0.340. The van der Waals surface area contributed by atoms with Crippen LogP contribution in [0.3, 0.4) is 0 Å². The van der Waals surface area contributed by atoms with Crippen LogP contribution in [0.1, 0.15) is 5.56 Å². The van der Waals surface area contributed by atoms with Gasteiger partial charge < -0.3 is 5.32 Å². The van der Waals surface area contributed by atoms with E-state index in [1.807, 2.05) is 0 Å². The number of hydrogen-bond acceptors (Lipinski definition) is 5. The first-order chi connectivity index (χ1) is 9.29. The largest absolute Gasteiger partial charge is 0.371 e. The zero-order valence-corrected chi connectivity index (χ0v) is 10.2. The van der Waals surface area contributed by atoms with Crippen molar-refractivity contribution in [2.24, 2.45) is 0 Å². The van der Waals surface area contributed by atoms with Gasteiger partial charge in [-0.2, -0.15) is 5.10 Å². The van der Waals surface area contributed by atoms with Crippen molar-refractivity contribution in [3.63, 3.8) is 0 Å². The van der Waals surface area contributed by atoms with Gasteiger partial charge in [0.25, 0.3) is 0 Å². The summed E-state index contributed by atoms with van der Waals surface area (Å²) in [5.41, 5.74) is 1.12. The molecule has 0 bridgehead atoms. The van der Waals surface area contributed by atoms with Gasteiger partial charge in [-0.25, -0.2) is 9.07 Å². The lowest BCUT2D eigenvalue weighted by Gasteiger charge is -2.04. The van der Waals surface area contributed by atoms with Crippen molar-refractivity contribution in [1.29, 1.82) is 0 Å².